The van der Waals surface area contributed by atoms with Crippen LogP contribution in [0.5, 0.6) is 0 Å². The van der Waals surface area contributed by atoms with Gasteiger partial charge in [-0.1, -0.05) is 22.9 Å². The lowest BCUT2D eigenvalue weighted by atomic mass is 10.3. The number of nitrogens with zero attached hydrogens (tertiary/aromatic N) is 3. The third-order valence-corrected chi connectivity index (χ3v) is 4.05. The van der Waals surface area contributed by atoms with Gasteiger partial charge in [-0.15, -0.1) is 0 Å². The van der Waals surface area contributed by atoms with Gasteiger partial charge in [0.15, 0.2) is 5.13 Å². The summed E-state index contributed by atoms with van der Waals surface area (Å²) in [6, 6.07) is 6.84. The summed E-state index contributed by atoms with van der Waals surface area (Å²) in [6.07, 6.45) is 3.39. The van der Waals surface area contributed by atoms with Crippen LogP contribution in [0, 0.1) is 0 Å². The molecule has 0 fully saturated rings. The predicted octanol–water partition coefficient (Wildman–Crippen LogP) is 3.35. The van der Waals surface area contributed by atoms with Crippen LogP contribution in [0.4, 0.5) is 5.13 Å². The van der Waals surface area contributed by atoms with Crippen LogP contribution in [0.3, 0.4) is 0 Å². The van der Waals surface area contributed by atoms with E-state index in [9.17, 15) is 4.79 Å². The molecule has 5 nitrogen and oxygen atoms in total. The highest BCUT2D eigenvalue weighted by atomic mass is 35.5. The molecule has 0 bridgehead atoms. The Bertz CT molecular complexity index is 753. The number of halogens is 1. The first kappa shape index (κ1) is 13.1. The zero-order chi connectivity index (χ0) is 14.1. The Labute approximate surface area is 124 Å². The van der Waals surface area contributed by atoms with Crippen LogP contribution in [-0.2, 0) is 4.79 Å². The quantitative estimate of drug-likeness (QED) is 0.807. The smallest absolute Gasteiger partial charge is 0.250 e. The molecule has 0 saturated heterocycles. The van der Waals surface area contributed by atoms with Gasteiger partial charge in [-0.25, -0.2) is 4.98 Å². The van der Waals surface area contributed by atoms with Gasteiger partial charge in [0, 0.05) is 17.4 Å². The fourth-order valence-corrected chi connectivity index (χ4v) is 2.94. The van der Waals surface area contributed by atoms with Gasteiger partial charge in [-0.2, -0.15) is 5.10 Å². The number of carbonyl (C=O) groups excluding carboxylic acids is 1. The van der Waals surface area contributed by atoms with E-state index in [1.54, 1.807) is 36.1 Å². The van der Waals surface area contributed by atoms with E-state index in [0.29, 0.717) is 10.2 Å². The second-order valence-electron chi connectivity index (χ2n) is 4.28. The maximum atomic E-state index is 12.1. The molecule has 102 valence electrons. The molecule has 0 spiro atoms. The Morgan fingerprint density at radius 2 is 2.35 bits per heavy atom. The predicted molar refractivity (Wildman–Crippen MR) is 80.2 cm³/mol. The Balaban J connectivity index is 1.80. The molecule has 0 radical (unpaired) electrons. The fourth-order valence-electron chi connectivity index (χ4n) is 1.79. The molecule has 0 aliphatic heterocycles. The highest BCUT2D eigenvalue weighted by Crippen LogP contribution is 2.28. The van der Waals surface area contributed by atoms with Crippen LogP contribution in [-0.4, -0.2) is 20.7 Å². The van der Waals surface area contributed by atoms with Crippen molar-refractivity contribution in [1.82, 2.24) is 14.8 Å². The van der Waals surface area contributed by atoms with Crippen molar-refractivity contribution < 1.29 is 4.79 Å². The summed E-state index contributed by atoms with van der Waals surface area (Å²) < 4.78 is 2.54. The lowest BCUT2D eigenvalue weighted by Gasteiger charge is -2.10. The van der Waals surface area contributed by atoms with E-state index in [1.165, 1.54) is 11.3 Å². The average Bonchev–Trinajstić information content (AvgIpc) is 3.05. The number of hydrogen-bond acceptors (Lipinski definition) is 4. The topological polar surface area (TPSA) is 59.8 Å². The standard InChI is InChI=1S/C13H11ClN4OS/c1-8(18-6-2-5-15-18)12(19)17-13-16-10-4-3-9(14)7-11(10)20-13/h2-8H,1H3,(H,16,17,19). The number of rotatable bonds is 3. The molecule has 20 heavy (non-hydrogen) atoms. The molecule has 2 heterocycles. The molecule has 3 rings (SSSR count). The third kappa shape index (κ3) is 2.52. The van der Waals surface area contributed by atoms with Crippen molar-refractivity contribution >= 4 is 44.2 Å². The first-order valence-electron chi connectivity index (χ1n) is 5.99. The minimum atomic E-state index is -0.388. The maximum Gasteiger partial charge on any atom is 0.250 e. The van der Waals surface area contributed by atoms with E-state index in [2.05, 4.69) is 15.4 Å². The summed E-state index contributed by atoms with van der Waals surface area (Å²) in [5.41, 5.74) is 0.821. The Morgan fingerprint density at radius 3 is 3.10 bits per heavy atom. The van der Waals surface area contributed by atoms with E-state index in [0.717, 1.165) is 10.2 Å². The normalized spacial score (nSPS) is 12.5. The first-order valence-corrected chi connectivity index (χ1v) is 7.19. The van der Waals surface area contributed by atoms with Crippen molar-refractivity contribution in [3.8, 4) is 0 Å². The third-order valence-electron chi connectivity index (χ3n) is 2.88. The minimum Gasteiger partial charge on any atom is -0.300 e. The minimum absolute atomic E-state index is 0.154. The van der Waals surface area contributed by atoms with Crippen molar-refractivity contribution in [3.63, 3.8) is 0 Å². The number of hydrogen-bond donors (Lipinski definition) is 1. The SMILES string of the molecule is CC(C(=O)Nc1nc2ccc(Cl)cc2s1)n1cccn1. The highest BCUT2D eigenvalue weighted by molar-refractivity contribution is 7.22. The molecule has 1 atom stereocenters. The second-order valence-corrected chi connectivity index (χ2v) is 5.75. The van der Waals surface area contributed by atoms with Gasteiger partial charge >= 0.3 is 0 Å². The molecular formula is C13H11ClN4OS. The second kappa shape index (κ2) is 5.22. The van der Waals surface area contributed by atoms with Crippen molar-refractivity contribution in [3.05, 3.63) is 41.7 Å². The molecule has 1 aromatic carbocycles. The molecule has 3 aromatic rings. The number of aromatic nitrogens is 3. The number of anilines is 1. The summed E-state index contributed by atoms with van der Waals surface area (Å²) in [7, 11) is 0. The van der Waals surface area contributed by atoms with Crippen LogP contribution in [0.2, 0.25) is 5.02 Å². The molecule has 7 heteroatoms. The summed E-state index contributed by atoms with van der Waals surface area (Å²) >= 11 is 7.33. The zero-order valence-electron chi connectivity index (χ0n) is 10.6. The molecule has 1 amide bonds. The average molecular weight is 307 g/mol. The van der Waals surface area contributed by atoms with Crippen molar-refractivity contribution in [2.75, 3.05) is 5.32 Å². The van der Waals surface area contributed by atoms with Gasteiger partial charge < -0.3 is 5.32 Å². The maximum absolute atomic E-state index is 12.1. The van der Waals surface area contributed by atoms with Crippen LogP contribution >= 0.6 is 22.9 Å². The first-order chi connectivity index (χ1) is 9.63. The number of benzene rings is 1. The van der Waals surface area contributed by atoms with E-state index in [4.69, 9.17) is 11.6 Å². The van der Waals surface area contributed by atoms with E-state index in [1.807, 2.05) is 12.1 Å². The molecule has 0 saturated carbocycles. The lowest BCUT2D eigenvalue weighted by molar-refractivity contribution is -0.119. The van der Waals surface area contributed by atoms with Crippen molar-refractivity contribution in [2.24, 2.45) is 0 Å². The summed E-state index contributed by atoms with van der Waals surface area (Å²) in [6.45, 7) is 1.78. The number of nitrogens with one attached hydrogen (secondary N) is 1. The van der Waals surface area contributed by atoms with Crippen LogP contribution < -0.4 is 5.32 Å². The van der Waals surface area contributed by atoms with Gasteiger partial charge in [0.05, 0.1) is 10.2 Å². The number of amides is 1. The van der Waals surface area contributed by atoms with Crippen LogP contribution in [0.25, 0.3) is 10.2 Å². The Hall–Kier alpha value is -1.92. The monoisotopic (exact) mass is 306 g/mol. The van der Waals surface area contributed by atoms with E-state index >= 15 is 0 Å². The molecule has 1 unspecified atom stereocenters. The number of carbonyl (C=O) groups is 1. The van der Waals surface area contributed by atoms with Crippen LogP contribution in [0.15, 0.2) is 36.7 Å². The zero-order valence-corrected chi connectivity index (χ0v) is 12.1. The van der Waals surface area contributed by atoms with Crippen molar-refractivity contribution in [1.29, 1.82) is 0 Å². The number of fused-ring (bicyclic) bond motifs is 1. The van der Waals surface area contributed by atoms with Gasteiger partial charge in [0.2, 0.25) is 0 Å². The van der Waals surface area contributed by atoms with Gasteiger partial charge in [-0.3, -0.25) is 9.48 Å². The van der Waals surface area contributed by atoms with Gasteiger partial charge in [0.25, 0.3) is 5.91 Å². The van der Waals surface area contributed by atoms with Gasteiger partial charge in [0.1, 0.15) is 6.04 Å². The Morgan fingerprint density at radius 1 is 1.50 bits per heavy atom. The largest absolute Gasteiger partial charge is 0.300 e. The summed E-state index contributed by atoms with van der Waals surface area (Å²) in [4.78, 5) is 16.5. The fraction of sp³-hybridized carbons (Fsp3) is 0.154. The summed E-state index contributed by atoms with van der Waals surface area (Å²) in [5, 5.41) is 8.08. The summed E-state index contributed by atoms with van der Waals surface area (Å²) in [5.74, 6) is -0.154. The molecule has 0 aliphatic rings. The molecule has 2 aromatic heterocycles. The van der Waals surface area contributed by atoms with E-state index < -0.39 is 0 Å². The Kier molecular flexibility index (Phi) is 3.42. The highest BCUT2D eigenvalue weighted by Gasteiger charge is 2.16. The van der Waals surface area contributed by atoms with Crippen LogP contribution in [0.1, 0.15) is 13.0 Å². The lowest BCUT2D eigenvalue weighted by Crippen LogP contribution is -2.23. The number of thiazole rings is 1. The van der Waals surface area contributed by atoms with E-state index in [-0.39, 0.29) is 11.9 Å². The van der Waals surface area contributed by atoms with Gasteiger partial charge in [-0.05, 0) is 31.2 Å². The van der Waals surface area contributed by atoms with Crippen molar-refractivity contribution in [2.45, 2.75) is 13.0 Å². The molecular weight excluding hydrogens is 296 g/mol. The molecule has 0 aliphatic carbocycles. The molecule has 1 N–H and O–H groups in total.